The number of amides is 1. The molecule has 0 saturated carbocycles. The van der Waals surface area contributed by atoms with Crippen molar-refractivity contribution < 1.29 is 14.7 Å². The van der Waals surface area contributed by atoms with E-state index in [1.54, 1.807) is 0 Å². The van der Waals surface area contributed by atoms with Crippen molar-refractivity contribution in [3.05, 3.63) is 58.6 Å². The van der Waals surface area contributed by atoms with Gasteiger partial charge >= 0.3 is 5.97 Å². The van der Waals surface area contributed by atoms with Crippen LogP contribution in [0, 0.1) is 6.92 Å². The minimum atomic E-state index is -1.09. The van der Waals surface area contributed by atoms with Crippen LogP contribution in [0.4, 0.5) is 5.69 Å². The normalized spacial score (nSPS) is 10.7. The van der Waals surface area contributed by atoms with E-state index in [4.69, 9.17) is 16.7 Å². The van der Waals surface area contributed by atoms with Crippen molar-refractivity contribution in [1.82, 2.24) is 14.8 Å². The number of hydrogen-bond acceptors (Lipinski definition) is 5. The smallest absolute Gasteiger partial charge is 0.335 e. The molecule has 0 aliphatic rings. The third kappa shape index (κ3) is 4.78. The number of thioether (sulfide) groups is 1. The average molecular weight is 431 g/mol. The number of aromatic carboxylic acids is 1. The van der Waals surface area contributed by atoms with Gasteiger partial charge in [-0.05, 0) is 37.6 Å². The number of nitrogens with one attached hydrogen (secondary N) is 1. The van der Waals surface area contributed by atoms with Crippen molar-refractivity contribution in [3.8, 4) is 11.4 Å². The lowest BCUT2D eigenvalue weighted by Gasteiger charge is -2.10. The Balaban J connectivity index is 1.72. The minimum absolute atomic E-state index is 0.0472. The predicted molar refractivity (Wildman–Crippen MR) is 114 cm³/mol. The van der Waals surface area contributed by atoms with Crippen LogP contribution in [0.5, 0.6) is 0 Å². The number of benzene rings is 2. The number of rotatable bonds is 7. The SMILES string of the molecule is CCn1c(SCC(=O)Nc2cc(C(=O)O)ccc2Cl)nnc1-c1ccccc1C. The van der Waals surface area contributed by atoms with E-state index in [9.17, 15) is 9.59 Å². The summed E-state index contributed by atoms with van der Waals surface area (Å²) in [5, 5.41) is 21.2. The van der Waals surface area contributed by atoms with Crippen LogP contribution in [0.25, 0.3) is 11.4 Å². The topological polar surface area (TPSA) is 97.1 Å². The second-order valence-electron chi connectivity index (χ2n) is 6.20. The lowest BCUT2D eigenvalue weighted by atomic mass is 10.1. The second kappa shape index (κ2) is 9.11. The van der Waals surface area contributed by atoms with Crippen LogP contribution in [0.1, 0.15) is 22.8 Å². The van der Waals surface area contributed by atoms with Crippen molar-refractivity contribution in [1.29, 1.82) is 0 Å². The number of nitrogens with zero attached hydrogens (tertiary/aromatic N) is 3. The fraction of sp³-hybridized carbons (Fsp3) is 0.200. The van der Waals surface area contributed by atoms with E-state index < -0.39 is 5.97 Å². The number of aromatic nitrogens is 3. The maximum Gasteiger partial charge on any atom is 0.335 e. The molecule has 0 unspecified atom stereocenters. The molecule has 0 atom stereocenters. The molecule has 0 radical (unpaired) electrons. The molecule has 3 rings (SSSR count). The molecule has 7 nitrogen and oxygen atoms in total. The Bertz CT molecular complexity index is 1070. The number of carbonyl (C=O) groups excluding carboxylic acids is 1. The molecule has 1 aromatic heterocycles. The van der Waals surface area contributed by atoms with Gasteiger partial charge in [0.1, 0.15) is 0 Å². The third-order valence-corrected chi connectivity index (χ3v) is 5.54. The third-order valence-electron chi connectivity index (χ3n) is 4.24. The molecule has 3 aromatic rings. The van der Waals surface area contributed by atoms with Crippen LogP contribution >= 0.6 is 23.4 Å². The Kier molecular flexibility index (Phi) is 6.56. The number of carbonyl (C=O) groups is 2. The molecule has 1 heterocycles. The zero-order valence-electron chi connectivity index (χ0n) is 15.8. The number of carboxylic acids is 1. The highest BCUT2D eigenvalue weighted by Gasteiger charge is 2.16. The molecular formula is C20H19ClN4O3S. The summed E-state index contributed by atoms with van der Waals surface area (Å²) in [4.78, 5) is 23.5. The first-order chi connectivity index (χ1) is 13.9. The zero-order valence-corrected chi connectivity index (χ0v) is 17.4. The molecule has 150 valence electrons. The van der Waals surface area contributed by atoms with E-state index >= 15 is 0 Å². The molecule has 1 amide bonds. The van der Waals surface area contributed by atoms with Gasteiger partial charge in [0.05, 0.1) is 22.0 Å². The van der Waals surface area contributed by atoms with Crippen LogP contribution < -0.4 is 5.32 Å². The van der Waals surface area contributed by atoms with Crippen LogP contribution in [0.15, 0.2) is 47.6 Å². The van der Waals surface area contributed by atoms with Gasteiger partial charge in [-0.25, -0.2) is 4.79 Å². The van der Waals surface area contributed by atoms with Crippen molar-refractivity contribution in [3.63, 3.8) is 0 Å². The van der Waals surface area contributed by atoms with Gasteiger partial charge in [-0.1, -0.05) is 47.6 Å². The van der Waals surface area contributed by atoms with E-state index in [2.05, 4.69) is 15.5 Å². The molecule has 0 aliphatic carbocycles. The molecule has 29 heavy (non-hydrogen) atoms. The van der Waals surface area contributed by atoms with Gasteiger partial charge in [-0.2, -0.15) is 0 Å². The quantitative estimate of drug-likeness (QED) is 0.540. The van der Waals surface area contributed by atoms with Crippen LogP contribution in [0.3, 0.4) is 0 Å². The summed E-state index contributed by atoms with van der Waals surface area (Å²) in [6.07, 6.45) is 0. The molecule has 0 bridgehead atoms. The summed E-state index contributed by atoms with van der Waals surface area (Å²) in [6.45, 7) is 4.67. The van der Waals surface area contributed by atoms with Gasteiger partial charge in [0, 0.05) is 12.1 Å². The van der Waals surface area contributed by atoms with E-state index in [-0.39, 0.29) is 27.9 Å². The first kappa shape index (κ1) is 20.9. The van der Waals surface area contributed by atoms with E-state index in [1.807, 2.05) is 42.7 Å². The van der Waals surface area contributed by atoms with Gasteiger partial charge in [-0.3, -0.25) is 4.79 Å². The Morgan fingerprint density at radius 2 is 1.97 bits per heavy atom. The fourth-order valence-electron chi connectivity index (χ4n) is 2.77. The van der Waals surface area contributed by atoms with Crippen molar-refractivity contribution in [2.75, 3.05) is 11.1 Å². The van der Waals surface area contributed by atoms with Gasteiger partial charge in [-0.15, -0.1) is 10.2 Å². The standard InChI is InChI=1S/C20H19ClN4O3S/c1-3-25-18(14-7-5-4-6-12(14)2)23-24-20(25)29-11-17(26)22-16-10-13(19(27)28)8-9-15(16)21/h4-10H,3,11H2,1-2H3,(H,22,26)(H,27,28). The lowest BCUT2D eigenvalue weighted by molar-refractivity contribution is -0.113. The van der Waals surface area contributed by atoms with Crippen LogP contribution in [-0.4, -0.2) is 37.5 Å². The summed E-state index contributed by atoms with van der Waals surface area (Å²) in [5.74, 6) is -0.570. The monoisotopic (exact) mass is 430 g/mol. The minimum Gasteiger partial charge on any atom is -0.478 e. The number of aryl methyl sites for hydroxylation is 1. The number of halogens is 1. The summed E-state index contributed by atoms with van der Waals surface area (Å²) in [5.41, 5.74) is 2.40. The predicted octanol–water partition coefficient (Wildman–Crippen LogP) is 4.36. The zero-order chi connectivity index (χ0) is 21.0. The maximum absolute atomic E-state index is 12.4. The van der Waals surface area contributed by atoms with Crippen molar-refractivity contribution in [2.45, 2.75) is 25.5 Å². The average Bonchev–Trinajstić information content (AvgIpc) is 3.11. The molecule has 0 saturated heterocycles. The Labute approximate surface area is 177 Å². The van der Waals surface area contributed by atoms with Gasteiger partial charge in [0.25, 0.3) is 0 Å². The number of anilines is 1. The molecule has 2 aromatic carbocycles. The molecule has 0 spiro atoms. The van der Waals surface area contributed by atoms with Crippen LogP contribution in [-0.2, 0) is 11.3 Å². The molecule has 0 fully saturated rings. The summed E-state index contributed by atoms with van der Waals surface area (Å²) < 4.78 is 1.96. The van der Waals surface area contributed by atoms with E-state index in [1.165, 1.54) is 30.0 Å². The summed E-state index contributed by atoms with van der Waals surface area (Å²) in [7, 11) is 0. The van der Waals surface area contributed by atoms with Gasteiger partial charge in [0.2, 0.25) is 5.91 Å². The summed E-state index contributed by atoms with van der Waals surface area (Å²) >= 11 is 7.31. The molecule has 2 N–H and O–H groups in total. The van der Waals surface area contributed by atoms with Gasteiger partial charge in [0.15, 0.2) is 11.0 Å². The Morgan fingerprint density at radius 1 is 1.21 bits per heavy atom. The highest BCUT2D eigenvalue weighted by atomic mass is 35.5. The molecule has 9 heteroatoms. The number of carboxylic acid groups (broad SMARTS) is 1. The second-order valence-corrected chi connectivity index (χ2v) is 7.55. The lowest BCUT2D eigenvalue weighted by Crippen LogP contribution is -2.15. The first-order valence-electron chi connectivity index (χ1n) is 8.85. The molecule has 0 aliphatic heterocycles. The van der Waals surface area contributed by atoms with E-state index in [0.29, 0.717) is 11.7 Å². The highest BCUT2D eigenvalue weighted by Crippen LogP contribution is 2.27. The largest absolute Gasteiger partial charge is 0.478 e. The first-order valence-corrected chi connectivity index (χ1v) is 10.2. The maximum atomic E-state index is 12.4. The fourth-order valence-corrected chi connectivity index (χ4v) is 3.74. The van der Waals surface area contributed by atoms with Gasteiger partial charge < -0.3 is 15.0 Å². The van der Waals surface area contributed by atoms with Crippen LogP contribution in [0.2, 0.25) is 5.02 Å². The van der Waals surface area contributed by atoms with E-state index in [0.717, 1.165) is 17.0 Å². The van der Waals surface area contributed by atoms with Crippen molar-refractivity contribution >= 4 is 40.9 Å². The summed E-state index contributed by atoms with van der Waals surface area (Å²) in [6, 6.07) is 12.1. The number of hydrogen-bond donors (Lipinski definition) is 2. The molecular weight excluding hydrogens is 412 g/mol. The highest BCUT2D eigenvalue weighted by molar-refractivity contribution is 7.99. The Morgan fingerprint density at radius 3 is 2.66 bits per heavy atom. The Hall–Kier alpha value is -2.84. The van der Waals surface area contributed by atoms with Crippen molar-refractivity contribution in [2.24, 2.45) is 0 Å².